The number of quaternary nitrogens is 1. The summed E-state index contributed by atoms with van der Waals surface area (Å²) >= 11 is 0. The first-order chi connectivity index (χ1) is 7.90. The minimum Gasteiger partial charge on any atom is -1.00 e. The molecule has 0 heterocycles. The van der Waals surface area contributed by atoms with Crippen LogP contribution < -0.4 is 17.0 Å². The quantitative estimate of drug-likeness (QED) is 0.230. The molecule has 0 aromatic rings. The molecule has 6 heteroatoms. The van der Waals surface area contributed by atoms with E-state index in [-0.39, 0.29) is 34.7 Å². The zero-order chi connectivity index (χ0) is 13.5. The third-order valence-corrected chi connectivity index (χ3v) is 2.32. The van der Waals surface area contributed by atoms with Crippen LogP contribution in [0.15, 0.2) is 12.7 Å². The predicted octanol–water partition coefficient (Wildman–Crippen LogP) is -2.25. The molecule has 0 radical (unpaired) electrons. The van der Waals surface area contributed by atoms with Crippen molar-refractivity contribution in [3.8, 4) is 0 Å². The molecule has 0 saturated heterocycles. The lowest BCUT2D eigenvalue weighted by Crippen LogP contribution is -3.00. The van der Waals surface area contributed by atoms with Crippen LogP contribution in [0.2, 0.25) is 0 Å². The maximum absolute atomic E-state index is 11.8. The molecule has 0 aromatic carbocycles. The van der Waals surface area contributed by atoms with Crippen molar-refractivity contribution >= 4 is 11.9 Å². The summed E-state index contributed by atoms with van der Waals surface area (Å²) < 4.78 is 9.97. The summed E-state index contributed by atoms with van der Waals surface area (Å²) in [6.45, 7) is 7.98. The molecule has 0 saturated carbocycles. The van der Waals surface area contributed by atoms with Crippen LogP contribution in [0.4, 0.5) is 0 Å². The average Bonchev–Trinajstić information content (AvgIpc) is 2.17. The summed E-state index contributed by atoms with van der Waals surface area (Å²) in [5.74, 6) is -1.12. The fourth-order valence-corrected chi connectivity index (χ4v) is 1.55. The van der Waals surface area contributed by atoms with E-state index in [2.05, 4.69) is 6.58 Å². The molecule has 0 amide bonds. The van der Waals surface area contributed by atoms with Gasteiger partial charge in [0.15, 0.2) is 0 Å². The van der Waals surface area contributed by atoms with Crippen molar-refractivity contribution in [3.63, 3.8) is 0 Å². The molecule has 0 unspecified atom stereocenters. The second kappa shape index (κ2) is 9.10. The highest BCUT2D eigenvalue weighted by Crippen LogP contribution is 2.11. The first-order valence-corrected chi connectivity index (χ1v) is 5.67. The maximum Gasteiger partial charge on any atom is 0.377 e. The smallest absolute Gasteiger partial charge is 0.377 e. The molecule has 0 N–H and O–H groups in total. The van der Waals surface area contributed by atoms with E-state index in [9.17, 15) is 9.59 Å². The number of ether oxygens (including phenoxy) is 2. The highest BCUT2D eigenvalue weighted by Gasteiger charge is 2.43. The van der Waals surface area contributed by atoms with Crippen LogP contribution in [-0.2, 0) is 19.1 Å². The minimum atomic E-state index is -0.965. The van der Waals surface area contributed by atoms with Crippen molar-refractivity contribution in [2.75, 3.05) is 33.9 Å². The van der Waals surface area contributed by atoms with E-state index in [0.29, 0.717) is 6.54 Å². The molecular formula is C12H22BrNO4. The van der Waals surface area contributed by atoms with Crippen molar-refractivity contribution < 1.29 is 40.5 Å². The van der Waals surface area contributed by atoms with Gasteiger partial charge in [0.25, 0.3) is 6.04 Å². The SMILES string of the molecule is C=CC[N+](C)(C)C(C(=O)OCC)C(=O)OCC.[Br-]. The van der Waals surface area contributed by atoms with E-state index in [1.165, 1.54) is 0 Å². The van der Waals surface area contributed by atoms with Crippen molar-refractivity contribution in [2.45, 2.75) is 19.9 Å². The van der Waals surface area contributed by atoms with E-state index >= 15 is 0 Å². The van der Waals surface area contributed by atoms with Crippen LogP contribution in [0.25, 0.3) is 0 Å². The third kappa shape index (κ3) is 5.64. The lowest BCUT2D eigenvalue weighted by atomic mass is 10.2. The molecular weight excluding hydrogens is 302 g/mol. The number of likely N-dealkylation sites (N-methyl/N-ethyl adjacent to an activating group) is 1. The van der Waals surface area contributed by atoms with E-state index < -0.39 is 18.0 Å². The summed E-state index contributed by atoms with van der Waals surface area (Å²) in [6.07, 6.45) is 1.66. The Morgan fingerprint density at radius 1 is 1.17 bits per heavy atom. The normalized spacial score (nSPS) is 10.5. The van der Waals surface area contributed by atoms with E-state index in [1.807, 2.05) is 0 Å². The number of halogens is 1. The van der Waals surface area contributed by atoms with Crippen LogP contribution in [0.1, 0.15) is 13.8 Å². The lowest BCUT2D eigenvalue weighted by Gasteiger charge is -2.33. The topological polar surface area (TPSA) is 52.6 Å². The molecule has 18 heavy (non-hydrogen) atoms. The van der Waals surface area contributed by atoms with E-state index in [0.717, 1.165) is 0 Å². The largest absolute Gasteiger partial charge is 1.00 e. The van der Waals surface area contributed by atoms with Gasteiger partial charge in [-0.1, -0.05) is 6.58 Å². The van der Waals surface area contributed by atoms with Gasteiger partial charge in [0.05, 0.1) is 33.9 Å². The molecule has 0 rings (SSSR count). The second-order valence-electron chi connectivity index (χ2n) is 4.16. The summed E-state index contributed by atoms with van der Waals surface area (Å²) in [7, 11) is 3.53. The fourth-order valence-electron chi connectivity index (χ4n) is 1.55. The van der Waals surface area contributed by atoms with Gasteiger partial charge in [-0.15, -0.1) is 0 Å². The van der Waals surface area contributed by atoms with Crippen molar-refractivity contribution in [2.24, 2.45) is 0 Å². The number of esters is 2. The van der Waals surface area contributed by atoms with Gasteiger partial charge in [0.2, 0.25) is 0 Å². The van der Waals surface area contributed by atoms with Crippen molar-refractivity contribution in [1.82, 2.24) is 0 Å². The van der Waals surface area contributed by atoms with Crippen LogP contribution in [0.3, 0.4) is 0 Å². The Bertz CT molecular complexity index is 274. The summed E-state index contributed by atoms with van der Waals surface area (Å²) in [5, 5.41) is 0. The van der Waals surface area contributed by atoms with Gasteiger partial charge in [-0.2, -0.15) is 0 Å². The van der Waals surface area contributed by atoms with Crippen LogP contribution in [0.5, 0.6) is 0 Å². The number of carbonyl (C=O) groups excluding carboxylic acids is 2. The van der Waals surface area contributed by atoms with Gasteiger partial charge in [0.1, 0.15) is 0 Å². The van der Waals surface area contributed by atoms with Crippen molar-refractivity contribution in [1.29, 1.82) is 0 Å². The Hall–Kier alpha value is -0.880. The zero-order valence-corrected chi connectivity index (χ0v) is 13.0. The number of rotatable bonds is 7. The second-order valence-corrected chi connectivity index (χ2v) is 4.16. The third-order valence-electron chi connectivity index (χ3n) is 2.32. The molecule has 0 bridgehead atoms. The molecule has 0 atom stereocenters. The fraction of sp³-hybridized carbons (Fsp3) is 0.667. The Morgan fingerprint density at radius 2 is 1.56 bits per heavy atom. The van der Waals surface area contributed by atoms with Gasteiger partial charge in [-0.05, 0) is 19.9 Å². The molecule has 0 spiro atoms. The number of hydrogen-bond acceptors (Lipinski definition) is 4. The molecule has 106 valence electrons. The molecule has 0 fully saturated rings. The van der Waals surface area contributed by atoms with Gasteiger partial charge in [-0.25, -0.2) is 9.59 Å². The van der Waals surface area contributed by atoms with Gasteiger partial charge < -0.3 is 30.9 Å². The van der Waals surface area contributed by atoms with Gasteiger partial charge >= 0.3 is 11.9 Å². The van der Waals surface area contributed by atoms with E-state index in [4.69, 9.17) is 9.47 Å². The maximum atomic E-state index is 11.8. The van der Waals surface area contributed by atoms with Crippen LogP contribution in [-0.4, -0.2) is 56.3 Å². The zero-order valence-electron chi connectivity index (χ0n) is 11.4. The summed E-state index contributed by atoms with van der Waals surface area (Å²) in [5.41, 5.74) is 0. The first kappa shape index (κ1) is 19.5. The van der Waals surface area contributed by atoms with Crippen LogP contribution in [0, 0.1) is 0 Å². The molecule has 0 aliphatic heterocycles. The average molecular weight is 324 g/mol. The monoisotopic (exact) mass is 323 g/mol. The van der Waals surface area contributed by atoms with Crippen molar-refractivity contribution in [3.05, 3.63) is 12.7 Å². The van der Waals surface area contributed by atoms with Crippen LogP contribution >= 0.6 is 0 Å². The number of nitrogens with zero attached hydrogens (tertiary/aromatic N) is 1. The molecule has 5 nitrogen and oxygen atoms in total. The highest BCUT2D eigenvalue weighted by atomic mass is 79.9. The van der Waals surface area contributed by atoms with E-state index in [1.54, 1.807) is 34.0 Å². The molecule has 0 aliphatic rings. The summed E-state index contributed by atoms with van der Waals surface area (Å²) in [4.78, 5) is 23.6. The molecule has 0 aliphatic carbocycles. The molecule has 0 aromatic heterocycles. The lowest BCUT2D eigenvalue weighted by molar-refractivity contribution is -0.892. The highest BCUT2D eigenvalue weighted by molar-refractivity contribution is 5.97. The summed E-state index contributed by atoms with van der Waals surface area (Å²) in [6, 6.07) is -0.965. The Balaban J connectivity index is 0. The number of carbonyl (C=O) groups is 2. The predicted molar refractivity (Wildman–Crippen MR) is 64.2 cm³/mol. The van der Waals surface area contributed by atoms with Gasteiger partial charge in [0, 0.05) is 0 Å². The van der Waals surface area contributed by atoms with Gasteiger partial charge in [-0.3, -0.25) is 0 Å². The minimum absolute atomic E-state index is 0. The number of hydrogen-bond donors (Lipinski definition) is 0. The Morgan fingerprint density at radius 3 is 1.83 bits per heavy atom. The standard InChI is InChI=1S/C12H22NO4.BrH/c1-6-9-13(4,5)10(11(14)16-7-2)12(15)17-8-3;/h6,10H,1,7-9H2,2-5H3;1H/q+1;/p-1. The Labute approximate surface area is 119 Å². The first-order valence-electron chi connectivity index (χ1n) is 5.67. The Kier molecular flexibility index (Phi) is 9.84.